The van der Waals surface area contributed by atoms with Crippen molar-refractivity contribution in [3.05, 3.63) is 53.3 Å². The fourth-order valence-electron chi connectivity index (χ4n) is 2.53. The van der Waals surface area contributed by atoms with Crippen molar-refractivity contribution >= 4 is 17.7 Å². The highest BCUT2D eigenvalue weighted by atomic mass is 32.2. The molecule has 0 bridgehead atoms. The van der Waals surface area contributed by atoms with Crippen molar-refractivity contribution in [3.63, 3.8) is 0 Å². The SMILES string of the molecule is CC(SCc1ccccc1)C(=O)N1CCc2[nH]ncc2C1. The van der Waals surface area contributed by atoms with E-state index in [0.717, 1.165) is 24.3 Å². The van der Waals surface area contributed by atoms with Crippen molar-refractivity contribution in [2.45, 2.75) is 30.9 Å². The van der Waals surface area contributed by atoms with Crippen molar-refractivity contribution in [3.8, 4) is 0 Å². The van der Waals surface area contributed by atoms with E-state index in [9.17, 15) is 4.79 Å². The zero-order valence-electron chi connectivity index (χ0n) is 12.1. The Bertz CT molecular complexity index is 611. The standard InChI is InChI=1S/C16H19N3OS/c1-12(21-11-13-5-3-2-4-6-13)16(20)19-8-7-15-14(10-19)9-17-18-15/h2-6,9,12H,7-8,10-11H2,1H3,(H,17,18). The number of hydrogen-bond donors (Lipinski definition) is 1. The Hall–Kier alpha value is -1.75. The number of amides is 1. The number of hydrogen-bond acceptors (Lipinski definition) is 3. The van der Waals surface area contributed by atoms with Gasteiger partial charge in [-0.2, -0.15) is 5.10 Å². The number of rotatable bonds is 4. The van der Waals surface area contributed by atoms with Crippen molar-refractivity contribution in [2.24, 2.45) is 0 Å². The number of thioether (sulfide) groups is 1. The zero-order valence-corrected chi connectivity index (χ0v) is 12.9. The normalized spacial score (nSPS) is 15.6. The fraction of sp³-hybridized carbons (Fsp3) is 0.375. The minimum absolute atomic E-state index is 0.0151. The van der Waals surface area contributed by atoms with Crippen LogP contribution in [0.15, 0.2) is 36.5 Å². The number of benzene rings is 1. The first kappa shape index (κ1) is 14.2. The van der Waals surface area contributed by atoms with E-state index >= 15 is 0 Å². The molecule has 1 aromatic carbocycles. The summed E-state index contributed by atoms with van der Waals surface area (Å²) in [7, 11) is 0. The first-order valence-corrected chi connectivity index (χ1v) is 8.24. The second kappa shape index (κ2) is 6.35. The van der Waals surface area contributed by atoms with Gasteiger partial charge in [-0.25, -0.2) is 0 Å². The predicted molar refractivity (Wildman–Crippen MR) is 84.9 cm³/mol. The number of H-pyrrole nitrogens is 1. The van der Waals surface area contributed by atoms with Crippen molar-refractivity contribution < 1.29 is 4.79 Å². The lowest BCUT2D eigenvalue weighted by Crippen LogP contribution is -2.40. The van der Waals surface area contributed by atoms with Crippen LogP contribution >= 0.6 is 11.8 Å². The number of fused-ring (bicyclic) bond motifs is 1. The molecule has 2 aromatic rings. The maximum Gasteiger partial charge on any atom is 0.235 e. The first-order valence-electron chi connectivity index (χ1n) is 7.19. The van der Waals surface area contributed by atoms with Crippen LogP contribution < -0.4 is 0 Å². The summed E-state index contributed by atoms with van der Waals surface area (Å²) in [4.78, 5) is 14.5. The van der Waals surface area contributed by atoms with Crippen LogP contribution in [0.25, 0.3) is 0 Å². The van der Waals surface area contributed by atoms with Crippen molar-refractivity contribution in [2.75, 3.05) is 6.54 Å². The van der Waals surface area contributed by atoms with E-state index in [1.54, 1.807) is 11.8 Å². The molecule has 110 valence electrons. The highest BCUT2D eigenvalue weighted by molar-refractivity contribution is 7.99. The topological polar surface area (TPSA) is 49.0 Å². The molecule has 3 rings (SSSR count). The lowest BCUT2D eigenvalue weighted by atomic mass is 10.1. The molecule has 0 saturated heterocycles. The molecular formula is C16H19N3OS. The summed E-state index contributed by atoms with van der Waals surface area (Å²) >= 11 is 1.70. The Morgan fingerprint density at radius 1 is 1.43 bits per heavy atom. The third-order valence-electron chi connectivity index (χ3n) is 3.80. The minimum atomic E-state index is -0.0151. The molecule has 5 heteroatoms. The summed E-state index contributed by atoms with van der Waals surface area (Å²) in [6.45, 7) is 3.46. The Morgan fingerprint density at radius 3 is 3.05 bits per heavy atom. The van der Waals surface area contributed by atoms with Crippen LogP contribution in [0.1, 0.15) is 23.7 Å². The number of nitrogens with one attached hydrogen (secondary N) is 1. The van der Waals surface area contributed by atoms with Gasteiger partial charge in [-0.15, -0.1) is 11.8 Å². The Morgan fingerprint density at radius 2 is 2.24 bits per heavy atom. The molecule has 0 fully saturated rings. The second-order valence-electron chi connectivity index (χ2n) is 5.32. The molecule has 0 radical (unpaired) electrons. The molecule has 1 aliphatic heterocycles. The lowest BCUT2D eigenvalue weighted by Gasteiger charge is -2.28. The van der Waals surface area contributed by atoms with Gasteiger partial charge in [-0.05, 0) is 12.5 Å². The molecule has 0 spiro atoms. The maximum atomic E-state index is 12.5. The monoisotopic (exact) mass is 301 g/mol. The third kappa shape index (κ3) is 3.29. The predicted octanol–water partition coefficient (Wildman–Crippen LogP) is 2.62. The lowest BCUT2D eigenvalue weighted by molar-refractivity contribution is -0.131. The van der Waals surface area contributed by atoms with Gasteiger partial charge in [0.05, 0.1) is 11.4 Å². The smallest absolute Gasteiger partial charge is 0.235 e. The quantitative estimate of drug-likeness (QED) is 0.944. The number of carbonyl (C=O) groups excluding carboxylic acids is 1. The highest BCUT2D eigenvalue weighted by Gasteiger charge is 2.25. The summed E-state index contributed by atoms with van der Waals surface area (Å²) in [5, 5.41) is 7.03. The van der Waals surface area contributed by atoms with Gasteiger partial charge in [-0.1, -0.05) is 30.3 Å². The van der Waals surface area contributed by atoms with Crippen molar-refractivity contribution in [1.82, 2.24) is 15.1 Å². The van der Waals surface area contributed by atoms with Gasteiger partial charge in [0.15, 0.2) is 0 Å². The van der Waals surface area contributed by atoms with E-state index in [0.29, 0.717) is 6.54 Å². The van der Waals surface area contributed by atoms with Gasteiger partial charge in [-0.3, -0.25) is 9.89 Å². The van der Waals surface area contributed by atoms with Gasteiger partial charge in [0, 0.05) is 36.5 Å². The van der Waals surface area contributed by atoms with Crippen LogP contribution in [-0.2, 0) is 23.5 Å². The molecule has 1 N–H and O–H groups in total. The molecule has 1 aliphatic rings. The molecule has 21 heavy (non-hydrogen) atoms. The summed E-state index contributed by atoms with van der Waals surface area (Å²) < 4.78 is 0. The largest absolute Gasteiger partial charge is 0.337 e. The van der Waals surface area contributed by atoms with E-state index in [-0.39, 0.29) is 11.2 Å². The van der Waals surface area contributed by atoms with Crippen LogP contribution in [-0.4, -0.2) is 32.8 Å². The molecule has 1 amide bonds. The second-order valence-corrected chi connectivity index (χ2v) is 6.65. The number of aromatic amines is 1. The van der Waals surface area contributed by atoms with Gasteiger partial charge in [0.2, 0.25) is 5.91 Å². The molecule has 1 atom stereocenters. The molecule has 0 aliphatic carbocycles. The van der Waals surface area contributed by atoms with Crippen LogP contribution in [0.2, 0.25) is 0 Å². The Kier molecular flexibility index (Phi) is 4.29. The molecule has 1 unspecified atom stereocenters. The minimum Gasteiger partial charge on any atom is -0.337 e. The summed E-state index contributed by atoms with van der Waals surface area (Å²) in [5.74, 6) is 1.10. The van der Waals surface area contributed by atoms with Crippen molar-refractivity contribution in [1.29, 1.82) is 0 Å². The van der Waals surface area contributed by atoms with E-state index < -0.39 is 0 Å². The van der Waals surface area contributed by atoms with Crippen LogP contribution in [0.5, 0.6) is 0 Å². The molecule has 1 aromatic heterocycles. The van der Waals surface area contributed by atoms with Gasteiger partial charge in [0.25, 0.3) is 0 Å². The third-order valence-corrected chi connectivity index (χ3v) is 5.00. The summed E-state index contributed by atoms with van der Waals surface area (Å²) in [6, 6.07) is 10.3. The average Bonchev–Trinajstić information content (AvgIpc) is 3.00. The zero-order chi connectivity index (χ0) is 14.7. The number of carbonyl (C=O) groups is 1. The van der Waals surface area contributed by atoms with E-state index in [1.807, 2.05) is 36.2 Å². The fourth-order valence-corrected chi connectivity index (χ4v) is 3.46. The van der Waals surface area contributed by atoms with Crippen LogP contribution in [0.3, 0.4) is 0 Å². The van der Waals surface area contributed by atoms with E-state index in [2.05, 4.69) is 22.3 Å². The first-order chi connectivity index (χ1) is 10.2. The summed E-state index contributed by atoms with van der Waals surface area (Å²) in [6.07, 6.45) is 2.70. The van der Waals surface area contributed by atoms with Crippen LogP contribution in [0.4, 0.5) is 0 Å². The Labute approximate surface area is 128 Å². The van der Waals surface area contributed by atoms with E-state index in [1.165, 1.54) is 11.3 Å². The number of aromatic nitrogens is 2. The molecular weight excluding hydrogens is 282 g/mol. The van der Waals surface area contributed by atoms with E-state index in [4.69, 9.17) is 0 Å². The summed E-state index contributed by atoms with van der Waals surface area (Å²) in [5.41, 5.74) is 3.58. The van der Waals surface area contributed by atoms with Gasteiger partial charge < -0.3 is 4.90 Å². The van der Waals surface area contributed by atoms with Gasteiger partial charge in [0.1, 0.15) is 0 Å². The average molecular weight is 301 g/mol. The van der Waals surface area contributed by atoms with Crippen LogP contribution in [0, 0.1) is 0 Å². The van der Waals surface area contributed by atoms with Gasteiger partial charge >= 0.3 is 0 Å². The number of nitrogens with zero attached hydrogens (tertiary/aromatic N) is 2. The molecule has 0 saturated carbocycles. The highest BCUT2D eigenvalue weighted by Crippen LogP contribution is 2.22. The maximum absolute atomic E-state index is 12.5. The molecule has 2 heterocycles. The molecule has 4 nitrogen and oxygen atoms in total. The Balaban J connectivity index is 1.55.